The topological polar surface area (TPSA) is 178 Å². The molecule has 65 heavy (non-hydrogen) atoms. The molecule has 0 atom stereocenters. The summed E-state index contributed by atoms with van der Waals surface area (Å²) in [5.74, 6) is 0.0438. The number of carbonyl (C=O) groups is 2. The lowest BCUT2D eigenvalue weighted by Gasteiger charge is -2.14. The fourth-order valence-electron chi connectivity index (χ4n) is 6.31. The van der Waals surface area contributed by atoms with E-state index in [0.29, 0.717) is 171 Å². The molecule has 0 fully saturated rings. The molecule has 1 aliphatic carbocycles. The molecule has 0 spiro atoms. The van der Waals surface area contributed by atoms with Crippen molar-refractivity contribution in [1.29, 1.82) is 0 Å². The van der Waals surface area contributed by atoms with Crippen molar-refractivity contribution in [2.75, 3.05) is 165 Å². The molecule has 4 rings (SSSR count). The van der Waals surface area contributed by atoms with Gasteiger partial charge in [-0.3, -0.25) is 0 Å². The largest absolute Gasteiger partial charge is 0.449 e. The maximum atomic E-state index is 12.3. The first-order valence-corrected chi connectivity index (χ1v) is 22.6. The molecule has 3 aromatic carbocycles. The number of alkyl carbamates (subject to hydrolysis) is 2. The number of benzene rings is 3. The average molecular weight is 915 g/mol. The van der Waals surface area contributed by atoms with Crippen molar-refractivity contribution in [3.8, 4) is 11.1 Å². The zero-order valence-electron chi connectivity index (χ0n) is 37.8. The second kappa shape index (κ2) is 36.9. The second-order valence-corrected chi connectivity index (χ2v) is 14.3. The van der Waals surface area contributed by atoms with Crippen LogP contribution in [0.4, 0.5) is 9.59 Å². The lowest BCUT2D eigenvalue weighted by atomic mass is 9.98. The first-order valence-electron chi connectivity index (χ1n) is 22.6. The lowest BCUT2D eigenvalue weighted by molar-refractivity contribution is -0.0274. The summed E-state index contributed by atoms with van der Waals surface area (Å²) in [6, 6.07) is 26.1. The predicted octanol–water partition coefficient (Wildman–Crippen LogP) is 5.02. The molecule has 2 amide bonds. The Morgan fingerprint density at radius 2 is 0.708 bits per heavy atom. The van der Waals surface area contributed by atoms with Crippen molar-refractivity contribution in [2.24, 2.45) is 0 Å². The molecular formula is C48H70N2O15. The van der Waals surface area contributed by atoms with Gasteiger partial charge in [-0.15, -0.1) is 0 Å². The Hall–Kier alpha value is -4.24. The molecule has 17 heteroatoms. The minimum absolute atomic E-state index is 0.0438. The SMILES string of the molecule is O=C(NCCOCCOCCOCCOCCOCCOCCOCCOCCOCCOCCOCCCNC(=O)OCC1c2ccccc2-c2ccccc21)OCc1ccccc1. The smallest absolute Gasteiger partial charge is 0.407 e. The Labute approximate surface area is 383 Å². The number of rotatable bonds is 41. The number of ether oxygens (including phenoxy) is 13. The molecule has 0 saturated carbocycles. The Kier molecular flexibility index (Phi) is 30.3. The maximum Gasteiger partial charge on any atom is 0.407 e. The van der Waals surface area contributed by atoms with Crippen LogP contribution in [-0.2, 0) is 68.2 Å². The van der Waals surface area contributed by atoms with Gasteiger partial charge < -0.3 is 72.2 Å². The Balaban J connectivity index is 0.754. The average Bonchev–Trinajstić information content (AvgIpc) is 3.65. The molecule has 17 nitrogen and oxygen atoms in total. The molecule has 1 aliphatic rings. The van der Waals surface area contributed by atoms with Gasteiger partial charge in [0, 0.05) is 25.6 Å². The Morgan fingerprint density at radius 1 is 0.369 bits per heavy atom. The number of hydrogen-bond donors (Lipinski definition) is 2. The van der Waals surface area contributed by atoms with E-state index >= 15 is 0 Å². The number of fused-ring (bicyclic) bond motifs is 3. The van der Waals surface area contributed by atoms with Crippen LogP contribution in [0.5, 0.6) is 0 Å². The highest BCUT2D eigenvalue weighted by molar-refractivity contribution is 5.79. The summed E-state index contributed by atoms with van der Waals surface area (Å²) in [6.07, 6.45) is -0.215. The van der Waals surface area contributed by atoms with Gasteiger partial charge in [0.05, 0.1) is 139 Å². The van der Waals surface area contributed by atoms with E-state index in [0.717, 1.165) is 5.56 Å². The van der Waals surface area contributed by atoms with Crippen LogP contribution in [0.1, 0.15) is 29.0 Å². The molecule has 362 valence electrons. The zero-order chi connectivity index (χ0) is 45.5. The standard InChI is InChI=1S/C48H70N2O15/c51-47(65-40-46-44-13-6-4-11-42(44)43-12-5-7-14-45(43)46)49-15-8-17-53-19-21-55-23-25-57-27-29-59-31-33-61-35-37-63-38-36-62-34-32-60-30-28-58-26-24-56-22-20-54-18-16-50-48(52)64-39-41-9-2-1-3-10-41/h1-7,9-14,46H,8,15-40H2,(H,49,51)(H,50,52). The van der Waals surface area contributed by atoms with E-state index in [1.165, 1.54) is 22.3 Å². The number of amides is 2. The molecule has 0 aromatic heterocycles. The lowest BCUT2D eigenvalue weighted by Crippen LogP contribution is -2.28. The first-order chi connectivity index (χ1) is 32.2. The van der Waals surface area contributed by atoms with Crippen LogP contribution >= 0.6 is 0 Å². The van der Waals surface area contributed by atoms with E-state index in [2.05, 4.69) is 34.9 Å². The second-order valence-electron chi connectivity index (χ2n) is 14.3. The zero-order valence-corrected chi connectivity index (χ0v) is 37.8. The van der Waals surface area contributed by atoms with Crippen LogP contribution in [-0.4, -0.2) is 177 Å². The minimum atomic E-state index is -0.474. The quantitative estimate of drug-likeness (QED) is 0.0725. The van der Waals surface area contributed by atoms with Gasteiger partial charge >= 0.3 is 12.2 Å². The van der Waals surface area contributed by atoms with Crippen LogP contribution in [0.25, 0.3) is 11.1 Å². The summed E-state index contributed by atoms with van der Waals surface area (Å²) in [4.78, 5) is 24.0. The van der Waals surface area contributed by atoms with Gasteiger partial charge in [0.1, 0.15) is 13.2 Å². The van der Waals surface area contributed by atoms with Gasteiger partial charge in [-0.1, -0.05) is 78.9 Å². The van der Waals surface area contributed by atoms with Crippen LogP contribution in [0.3, 0.4) is 0 Å². The van der Waals surface area contributed by atoms with Gasteiger partial charge in [-0.25, -0.2) is 9.59 Å². The molecule has 3 aromatic rings. The fourth-order valence-corrected chi connectivity index (χ4v) is 6.31. The van der Waals surface area contributed by atoms with Crippen molar-refractivity contribution in [1.82, 2.24) is 10.6 Å². The highest BCUT2D eigenvalue weighted by Gasteiger charge is 2.29. The summed E-state index contributed by atoms with van der Waals surface area (Å²) >= 11 is 0. The van der Waals surface area contributed by atoms with Crippen LogP contribution in [0, 0.1) is 0 Å². The summed E-state index contributed by atoms with van der Waals surface area (Å²) in [5.41, 5.74) is 5.73. The minimum Gasteiger partial charge on any atom is -0.449 e. The van der Waals surface area contributed by atoms with E-state index in [4.69, 9.17) is 61.6 Å². The molecule has 0 radical (unpaired) electrons. The fraction of sp³-hybridized carbons (Fsp3) is 0.583. The van der Waals surface area contributed by atoms with E-state index in [-0.39, 0.29) is 12.5 Å². The van der Waals surface area contributed by atoms with Crippen LogP contribution in [0.2, 0.25) is 0 Å². The highest BCUT2D eigenvalue weighted by atomic mass is 16.6. The van der Waals surface area contributed by atoms with Gasteiger partial charge in [0.15, 0.2) is 0 Å². The summed E-state index contributed by atoms with van der Waals surface area (Å²) in [7, 11) is 0. The number of carbonyl (C=O) groups excluding carboxylic acids is 2. The first kappa shape index (κ1) is 53.4. The van der Waals surface area contributed by atoms with E-state index in [1.54, 1.807) is 0 Å². The van der Waals surface area contributed by atoms with Crippen molar-refractivity contribution >= 4 is 12.2 Å². The molecular weight excluding hydrogens is 845 g/mol. The Bertz CT molecular complexity index is 1590. The normalized spacial score (nSPS) is 11.9. The van der Waals surface area contributed by atoms with Crippen LogP contribution in [0.15, 0.2) is 78.9 Å². The third-order valence-electron chi connectivity index (χ3n) is 9.53. The number of nitrogens with one attached hydrogen (secondary N) is 2. The van der Waals surface area contributed by atoms with Crippen molar-refractivity contribution in [3.05, 3.63) is 95.6 Å². The van der Waals surface area contributed by atoms with Gasteiger partial charge in [-0.05, 0) is 34.2 Å². The monoisotopic (exact) mass is 914 g/mol. The molecule has 2 N–H and O–H groups in total. The van der Waals surface area contributed by atoms with Gasteiger partial charge in [-0.2, -0.15) is 0 Å². The van der Waals surface area contributed by atoms with E-state index in [9.17, 15) is 9.59 Å². The van der Waals surface area contributed by atoms with Crippen molar-refractivity contribution in [2.45, 2.75) is 18.9 Å². The highest BCUT2D eigenvalue weighted by Crippen LogP contribution is 2.44. The van der Waals surface area contributed by atoms with E-state index < -0.39 is 12.2 Å². The van der Waals surface area contributed by atoms with Gasteiger partial charge in [0.25, 0.3) is 0 Å². The van der Waals surface area contributed by atoms with Crippen molar-refractivity contribution < 1.29 is 71.2 Å². The van der Waals surface area contributed by atoms with Crippen LogP contribution < -0.4 is 10.6 Å². The van der Waals surface area contributed by atoms with Gasteiger partial charge in [0.2, 0.25) is 0 Å². The predicted molar refractivity (Wildman–Crippen MR) is 241 cm³/mol. The third-order valence-corrected chi connectivity index (χ3v) is 9.53. The summed E-state index contributed by atoms with van der Waals surface area (Å²) < 4.78 is 71.3. The summed E-state index contributed by atoms with van der Waals surface area (Å²) in [5, 5.41) is 5.45. The Morgan fingerprint density at radius 3 is 1.14 bits per heavy atom. The molecule has 0 bridgehead atoms. The molecule has 0 saturated heterocycles. The number of hydrogen-bond acceptors (Lipinski definition) is 15. The third kappa shape index (κ3) is 25.3. The molecule has 0 aliphatic heterocycles. The van der Waals surface area contributed by atoms with E-state index in [1.807, 2.05) is 54.6 Å². The summed E-state index contributed by atoms with van der Waals surface area (Å²) in [6.45, 7) is 11.7. The van der Waals surface area contributed by atoms with Crippen molar-refractivity contribution in [3.63, 3.8) is 0 Å². The molecule has 0 unspecified atom stereocenters. The molecule has 0 heterocycles. The maximum absolute atomic E-state index is 12.3.